The highest BCUT2D eigenvalue weighted by molar-refractivity contribution is 5.75. The number of unbranched alkanes of at least 4 members (excludes halogenated alkanes) is 19. The molecule has 0 aliphatic heterocycles. The average molecular weight is 778 g/mol. The van der Waals surface area contributed by atoms with Crippen molar-refractivity contribution in [2.45, 2.75) is 247 Å². The number of hydrogen-bond donors (Lipinski definition) is 1. The first kappa shape index (κ1) is 51.9. The van der Waals surface area contributed by atoms with Gasteiger partial charge >= 0.3 is 11.9 Å². The van der Waals surface area contributed by atoms with Crippen molar-refractivity contribution in [3.8, 4) is 0 Å². The molecule has 6 nitrogen and oxygen atoms in total. The third kappa shape index (κ3) is 29.7. The zero-order valence-corrected chi connectivity index (χ0v) is 37.7. The minimum atomic E-state index is -0.420. The summed E-state index contributed by atoms with van der Waals surface area (Å²) in [5.41, 5.74) is 0.00189. The summed E-state index contributed by atoms with van der Waals surface area (Å²) < 4.78 is 11.7. The maximum atomic E-state index is 13.2. The van der Waals surface area contributed by atoms with Crippen LogP contribution in [0.1, 0.15) is 247 Å². The van der Waals surface area contributed by atoms with Gasteiger partial charge in [-0.1, -0.05) is 149 Å². The van der Waals surface area contributed by atoms with Gasteiger partial charge in [-0.25, -0.2) is 0 Å². The number of esters is 2. The Kier molecular flexibility index (Phi) is 32.9. The number of aliphatic hydroxyl groups is 1. The molecule has 1 rings (SSSR count). The molecule has 55 heavy (non-hydrogen) atoms. The molecular formula is C49H95NO5. The number of ether oxygens (including phenoxy) is 2. The summed E-state index contributed by atoms with van der Waals surface area (Å²) >= 11 is 0. The number of nitrogens with zero attached hydrogens (tertiary/aromatic N) is 1. The van der Waals surface area contributed by atoms with E-state index in [1.54, 1.807) is 0 Å². The van der Waals surface area contributed by atoms with Crippen molar-refractivity contribution in [2.24, 2.45) is 16.7 Å². The number of hydrogen-bond acceptors (Lipinski definition) is 6. The lowest BCUT2D eigenvalue weighted by molar-refractivity contribution is -0.156. The van der Waals surface area contributed by atoms with Gasteiger partial charge in [0.25, 0.3) is 0 Å². The Morgan fingerprint density at radius 2 is 1.09 bits per heavy atom. The fraction of sp³-hybridized carbons (Fsp3) is 0.959. The monoisotopic (exact) mass is 778 g/mol. The molecule has 0 bridgehead atoms. The Hall–Kier alpha value is -1.14. The Labute approximate surface area is 342 Å². The summed E-state index contributed by atoms with van der Waals surface area (Å²) in [5, 5.41) is 9.36. The van der Waals surface area contributed by atoms with Crippen LogP contribution < -0.4 is 0 Å². The molecule has 326 valence electrons. The van der Waals surface area contributed by atoms with Crippen LogP contribution in [0, 0.1) is 16.7 Å². The predicted octanol–water partition coefficient (Wildman–Crippen LogP) is 13.9. The molecule has 0 atom stereocenters. The fourth-order valence-corrected chi connectivity index (χ4v) is 8.23. The zero-order valence-electron chi connectivity index (χ0n) is 37.7. The lowest BCUT2D eigenvalue weighted by Gasteiger charge is -2.25. The van der Waals surface area contributed by atoms with Crippen molar-refractivity contribution in [3.63, 3.8) is 0 Å². The topological polar surface area (TPSA) is 76.1 Å². The van der Waals surface area contributed by atoms with E-state index in [2.05, 4.69) is 39.5 Å². The quantitative estimate of drug-likeness (QED) is 0.0491. The Bertz CT molecular complexity index is 873. The third-order valence-electron chi connectivity index (χ3n) is 12.6. The van der Waals surface area contributed by atoms with E-state index in [4.69, 9.17) is 9.47 Å². The maximum Gasteiger partial charge on any atom is 0.311 e. The second-order valence-electron chi connectivity index (χ2n) is 18.5. The predicted molar refractivity (Wildman–Crippen MR) is 235 cm³/mol. The molecule has 1 aliphatic carbocycles. The Morgan fingerprint density at radius 1 is 0.600 bits per heavy atom. The van der Waals surface area contributed by atoms with Crippen LogP contribution in [0.3, 0.4) is 0 Å². The van der Waals surface area contributed by atoms with E-state index in [0.717, 1.165) is 71.0 Å². The lowest BCUT2D eigenvalue weighted by atomic mass is 9.86. The standard InChI is InChI=1S/C49H95NO5/c1-6-9-12-15-16-19-24-33-46(52)54-43-38-49(36-37-49)35-26-28-40-50(41-29-30-42-51)39-27-21-20-25-34-48(4,5)47(53)55-44-45(31-22-17-13-10-7-2)32-23-18-14-11-8-3/h45,51H,6-44H2,1-5H3. The maximum absolute atomic E-state index is 13.2. The van der Waals surface area contributed by atoms with Crippen LogP contribution in [0.4, 0.5) is 0 Å². The van der Waals surface area contributed by atoms with Crippen LogP contribution in [-0.2, 0) is 19.1 Å². The van der Waals surface area contributed by atoms with Crippen LogP contribution in [-0.4, -0.2) is 61.4 Å². The molecular weight excluding hydrogens is 683 g/mol. The van der Waals surface area contributed by atoms with Crippen LogP contribution in [0.5, 0.6) is 0 Å². The molecule has 0 aromatic heterocycles. The largest absolute Gasteiger partial charge is 0.466 e. The van der Waals surface area contributed by atoms with Gasteiger partial charge in [0, 0.05) is 13.0 Å². The van der Waals surface area contributed by atoms with Gasteiger partial charge in [-0.05, 0) is 122 Å². The van der Waals surface area contributed by atoms with E-state index >= 15 is 0 Å². The minimum Gasteiger partial charge on any atom is -0.466 e. The van der Waals surface area contributed by atoms with Gasteiger partial charge in [0.05, 0.1) is 18.6 Å². The first-order valence-corrected chi connectivity index (χ1v) is 24.4. The highest BCUT2D eigenvalue weighted by Gasteiger charge is 2.41. The van der Waals surface area contributed by atoms with Gasteiger partial charge < -0.3 is 19.5 Å². The highest BCUT2D eigenvalue weighted by Crippen LogP contribution is 2.52. The lowest BCUT2D eigenvalue weighted by Crippen LogP contribution is -2.29. The van der Waals surface area contributed by atoms with Gasteiger partial charge in [-0.2, -0.15) is 0 Å². The molecule has 0 saturated heterocycles. The minimum absolute atomic E-state index is 0.0000410. The molecule has 1 aliphatic rings. The highest BCUT2D eigenvalue weighted by atomic mass is 16.5. The molecule has 1 N–H and O–H groups in total. The summed E-state index contributed by atoms with van der Waals surface area (Å²) in [7, 11) is 0. The first-order valence-electron chi connectivity index (χ1n) is 24.4. The number of rotatable bonds is 42. The molecule has 0 aromatic rings. The number of carbonyl (C=O) groups excluding carboxylic acids is 2. The molecule has 0 radical (unpaired) electrons. The molecule has 0 aromatic carbocycles. The second-order valence-corrected chi connectivity index (χ2v) is 18.5. The van der Waals surface area contributed by atoms with Crippen molar-refractivity contribution >= 4 is 11.9 Å². The van der Waals surface area contributed by atoms with Gasteiger partial charge in [0.1, 0.15) is 0 Å². The molecule has 1 saturated carbocycles. The normalized spacial score (nSPS) is 13.9. The van der Waals surface area contributed by atoms with Crippen molar-refractivity contribution in [1.29, 1.82) is 0 Å². The molecule has 0 amide bonds. The third-order valence-corrected chi connectivity index (χ3v) is 12.6. The summed E-state index contributed by atoms with van der Waals surface area (Å²) in [6.45, 7) is 15.7. The summed E-state index contributed by atoms with van der Waals surface area (Å²) in [5.74, 6) is 0.510. The first-order chi connectivity index (χ1) is 26.7. The van der Waals surface area contributed by atoms with Gasteiger partial charge in [-0.15, -0.1) is 0 Å². The van der Waals surface area contributed by atoms with Crippen LogP contribution in [0.2, 0.25) is 0 Å². The Balaban J connectivity index is 2.30. The second kappa shape index (κ2) is 34.9. The van der Waals surface area contributed by atoms with Gasteiger partial charge in [0.2, 0.25) is 0 Å². The van der Waals surface area contributed by atoms with Crippen molar-refractivity contribution in [3.05, 3.63) is 0 Å². The summed E-state index contributed by atoms with van der Waals surface area (Å²) in [6, 6.07) is 0. The van der Waals surface area contributed by atoms with E-state index in [1.165, 1.54) is 154 Å². The van der Waals surface area contributed by atoms with E-state index in [1.807, 2.05) is 0 Å². The summed E-state index contributed by atoms with van der Waals surface area (Å²) in [6.07, 6.45) is 39.3. The van der Waals surface area contributed by atoms with Crippen molar-refractivity contribution in [1.82, 2.24) is 4.90 Å². The zero-order chi connectivity index (χ0) is 40.3. The van der Waals surface area contributed by atoms with Gasteiger partial charge in [-0.3, -0.25) is 9.59 Å². The van der Waals surface area contributed by atoms with Crippen LogP contribution in [0.15, 0.2) is 0 Å². The van der Waals surface area contributed by atoms with E-state index in [0.29, 0.717) is 31.0 Å². The molecule has 1 fully saturated rings. The van der Waals surface area contributed by atoms with E-state index < -0.39 is 5.41 Å². The smallest absolute Gasteiger partial charge is 0.311 e. The van der Waals surface area contributed by atoms with Crippen molar-refractivity contribution < 1.29 is 24.2 Å². The molecule has 0 unspecified atom stereocenters. The molecule has 0 spiro atoms. The number of aliphatic hydroxyl groups excluding tert-OH is 1. The summed E-state index contributed by atoms with van der Waals surface area (Å²) in [4.78, 5) is 28.1. The van der Waals surface area contributed by atoms with E-state index in [-0.39, 0.29) is 18.5 Å². The van der Waals surface area contributed by atoms with Crippen LogP contribution >= 0.6 is 0 Å². The van der Waals surface area contributed by atoms with Crippen molar-refractivity contribution in [2.75, 3.05) is 39.5 Å². The number of carbonyl (C=O) groups is 2. The average Bonchev–Trinajstić information content (AvgIpc) is 3.94. The van der Waals surface area contributed by atoms with Crippen LogP contribution in [0.25, 0.3) is 0 Å². The molecule has 6 heteroatoms. The SMILES string of the molecule is CCCCCCCCCC(=O)OCCC1(CCCCN(CCCCO)CCCCCCC(C)(C)C(=O)OCC(CCCCCCC)CCCCCCC)CC1. The van der Waals surface area contributed by atoms with Gasteiger partial charge in [0.15, 0.2) is 0 Å². The van der Waals surface area contributed by atoms with E-state index in [9.17, 15) is 14.7 Å². The Morgan fingerprint density at radius 3 is 1.65 bits per heavy atom. The fourth-order valence-electron chi connectivity index (χ4n) is 8.23. The molecule has 0 heterocycles.